The van der Waals surface area contributed by atoms with Gasteiger partial charge in [0.1, 0.15) is 0 Å². The highest BCUT2D eigenvalue weighted by atomic mass is 16.2. The predicted molar refractivity (Wildman–Crippen MR) is 77.8 cm³/mol. The summed E-state index contributed by atoms with van der Waals surface area (Å²) >= 11 is 0. The number of hydrogen-bond donors (Lipinski definition) is 2. The Balaban J connectivity index is 1.98. The lowest BCUT2D eigenvalue weighted by Crippen LogP contribution is -2.58. The summed E-state index contributed by atoms with van der Waals surface area (Å²) in [6.07, 6.45) is 6.68. The third-order valence-corrected chi connectivity index (χ3v) is 5.23. The van der Waals surface area contributed by atoms with Crippen molar-refractivity contribution in [3.63, 3.8) is 0 Å². The molecular weight excluding hydrogens is 238 g/mol. The lowest BCUT2D eigenvalue weighted by Gasteiger charge is -2.42. The lowest BCUT2D eigenvalue weighted by atomic mass is 9.71. The maximum atomic E-state index is 12.6. The second-order valence-corrected chi connectivity index (χ2v) is 6.51. The van der Waals surface area contributed by atoms with Crippen LogP contribution >= 0.6 is 0 Å². The molecule has 1 amide bonds. The number of carbonyl (C=O) groups is 1. The van der Waals surface area contributed by atoms with Crippen LogP contribution in [0.1, 0.15) is 52.4 Å². The van der Waals surface area contributed by atoms with Gasteiger partial charge >= 0.3 is 0 Å². The quantitative estimate of drug-likeness (QED) is 0.814. The first-order valence-electron chi connectivity index (χ1n) is 7.81. The first-order chi connectivity index (χ1) is 9.08. The van der Waals surface area contributed by atoms with Crippen molar-refractivity contribution in [2.24, 2.45) is 11.1 Å². The van der Waals surface area contributed by atoms with Crippen molar-refractivity contribution >= 4 is 5.91 Å². The molecule has 0 aromatic carbocycles. The van der Waals surface area contributed by atoms with Gasteiger partial charge in [-0.05, 0) is 38.6 Å². The maximum Gasteiger partial charge on any atom is 0.223 e. The van der Waals surface area contributed by atoms with Gasteiger partial charge in [0.2, 0.25) is 5.91 Å². The topological polar surface area (TPSA) is 58.4 Å². The second-order valence-electron chi connectivity index (χ2n) is 6.51. The minimum atomic E-state index is 0.0865. The highest BCUT2D eigenvalue weighted by Crippen LogP contribution is 2.39. The zero-order chi connectivity index (χ0) is 13.9. The molecule has 0 spiro atoms. The van der Waals surface area contributed by atoms with Crippen LogP contribution in [0.25, 0.3) is 0 Å². The Hall–Kier alpha value is -0.610. The van der Waals surface area contributed by atoms with E-state index in [-0.39, 0.29) is 5.41 Å². The van der Waals surface area contributed by atoms with Crippen LogP contribution in [0.4, 0.5) is 0 Å². The van der Waals surface area contributed by atoms with Gasteiger partial charge in [-0.25, -0.2) is 0 Å². The summed E-state index contributed by atoms with van der Waals surface area (Å²) in [5, 5.41) is 3.43. The first kappa shape index (κ1) is 14.8. The van der Waals surface area contributed by atoms with Crippen LogP contribution in [-0.4, -0.2) is 42.5 Å². The standard InChI is InChI=1S/C15H29N3O/c1-12-13(2)18(9-8-17-12)14(19)10-15(11-16)6-4-3-5-7-15/h12-13,17H,3-11,16H2,1-2H3. The molecule has 0 aromatic rings. The van der Waals surface area contributed by atoms with E-state index in [2.05, 4.69) is 24.1 Å². The van der Waals surface area contributed by atoms with Crippen molar-refractivity contribution in [2.45, 2.75) is 64.5 Å². The van der Waals surface area contributed by atoms with Gasteiger partial charge in [-0.1, -0.05) is 19.3 Å². The van der Waals surface area contributed by atoms with Crippen LogP contribution in [0.15, 0.2) is 0 Å². The Bertz CT molecular complexity index is 313. The van der Waals surface area contributed by atoms with Gasteiger partial charge in [0.15, 0.2) is 0 Å². The van der Waals surface area contributed by atoms with Crippen LogP contribution in [0.3, 0.4) is 0 Å². The number of nitrogens with zero attached hydrogens (tertiary/aromatic N) is 1. The third kappa shape index (κ3) is 3.29. The molecule has 19 heavy (non-hydrogen) atoms. The molecule has 2 unspecified atom stereocenters. The SMILES string of the molecule is CC1NCCN(C(=O)CC2(CN)CCCCC2)C1C. The van der Waals surface area contributed by atoms with Crippen LogP contribution in [0.5, 0.6) is 0 Å². The molecular formula is C15H29N3O. The molecule has 0 bridgehead atoms. The summed E-state index contributed by atoms with van der Waals surface area (Å²) in [4.78, 5) is 14.7. The minimum Gasteiger partial charge on any atom is -0.337 e. The van der Waals surface area contributed by atoms with Gasteiger partial charge in [-0.3, -0.25) is 4.79 Å². The molecule has 2 fully saturated rings. The highest BCUT2D eigenvalue weighted by Gasteiger charge is 2.36. The fourth-order valence-corrected chi connectivity index (χ4v) is 3.59. The van der Waals surface area contributed by atoms with Gasteiger partial charge in [-0.2, -0.15) is 0 Å². The zero-order valence-electron chi connectivity index (χ0n) is 12.5. The number of carbonyl (C=O) groups excluding carboxylic acids is 1. The van der Waals surface area contributed by atoms with Crippen molar-refractivity contribution in [3.05, 3.63) is 0 Å². The van der Waals surface area contributed by atoms with Crippen LogP contribution in [0.2, 0.25) is 0 Å². The largest absolute Gasteiger partial charge is 0.337 e. The van der Waals surface area contributed by atoms with E-state index < -0.39 is 0 Å². The summed E-state index contributed by atoms with van der Waals surface area (Å²) in [5.41, 5.74) is 6.08. The van der Waals surface area contributed by atoms with Crippen LogP contribution in [0, 0.1) is 5.41 Å². The predicted octanol–water partition coefficient (Wildman–Crippen LogP) is 1.49. The molecule has 2 aliphatic rings. The van der Waals surface area contributed by atoms with Gasteiger partial charge in [0.05, 0.1) is 0 Å². The number of nitrogens with two attached hydrogens (primary N) is 1. The Morgan fingerprint density at radius 1 is 1.32 bits per heavy atom. The van der Waals surface area contributed by atoms with E-state index in [0.29, 0.717) is 31.0 Å². The Labute approximate surface area is 117 Å². The van der Waals surface area contributed by atoms with E-state index in [4.69, 9.17) is 5.73 Å². The zero-order valence-corrected chi connectivity index (χ0v) is 12.5. The Kier molecular flexibility index (Phi) is 4.85. The van der Waals surface area contributed by atoms with Crippen molar-refractivity contribution in [2.75, 3.05) is 19.6 Å². The maximum absolute atomic E-state index is 12.6. The molecule has 1 heterocycles. The number of nitrogens with one attached hydrogen (secondary N) is 1. The van der Waals surface area contributed by atoms with Crippen LogP contribution in [-0.2, 0) is 4.79 Å². The molecule has 3 N–H and O–H groups in total. The van der Waals surface area contributed by atoms with E-state index in [1.165, 1.54) is 19.3 Å². The van der Waals surface area contributed by atoms with Crippen molar-refractivity contribution in [1.82, 2.24) is 10.2 Å². The van der Waals surface area contributed by atoms with Crippen molar-refractivity contribution in [3.8, 4) is 0 Å². The average molecular weight is 267 g/mol. The highest BCUT2D eigenvalue weighted by molar-refractivity contribution is 5.77. The number of hydrogen-bond acceptors (Lipinski definition) is 3. The molecule has 2 rings (SSSR count). The normalized spacial score (nSPS) is 31.2. The van der Waals surface area contributed by atoms with Gasteiger partial charge in [-0.15, -0.1) is 0 Å². The molecule has 4 nitrogen and oxygen atoms in total. The molecule has 1 aliphatic carbocycles. The summed E-state index contributed by atoms with van der Waals surface area (Å²) in [7, 11) is 0. The van der Waals surface area contributed by atoms with Gasteiger partial charge in [0.25, 0.3) is 0 Å². The smallest absolute Gasteiger partial charge is 0.223 e. The second kappa shape index (κ2) is 6.23. The molecule has 0 radical (unpaired) electrons. The monoisotopic (exact) mass is 267 g/mol. The molecule has 1 saturated heterocycles. The van der Waals surface area contributed by atoms with Crippen molar-refractivity contribution in [1.29, 1.82) is 0 Å². The molecule has 1 aliphatic heterocycles. The average Bonchev–Trinajstić information content (AvgIpc) is 2.42. The number of amides is 1. The molecule has 4 heteroatoms. The van der Waals surface area contributed by atoms with E-state index >= 15 is 0 Å². The number of piperazine rings is 1. The van der Waals surface area contributed by atoms with E-state index in [1.807, 2.05) is 0 Å². The van der Waals surface area contributed by atoms with E-state index in [9.17, 15) is 4.79 Å². The lowest BCUT2D eigenvalue weighted by molar-refractivity contribution is -0.137. The first-order valence-corrected chi connectivity index (χ1v) is 7.81. The third-order valence-electron chi connectivity index (χ3n) is 5.23. The molecule has 110 valence electrons. The summed E-state index contributed by atoms with van der Waals surface area (Å²) < 4.78 is 0. The molecule has 0 aromatic heterocycles. The van der Waals surface area contributed by atoms with Crippen LogP contribution < -0.4 is 11.1 Å². The van der Waals surface area contributed by atoms with E-state index in [0.717, 1.165) is 25.9 Å². The van der Waals surface area contributed by atoms with E-state index in [1.54, 1.807) is 0 Å². The van der Waals surface area contributed by atoms with Crippen molar-refractivity contribution < 1.29 is 4.79 Å². The fourth-order valence-electron chi connectivity index (χ4n) is 3.59. The molecule has 2 atom stereocenters. The van der Waals surface area contributed by atoms with Gasteiger partial charge in [0, 0.05) is 31.6 Å². The molecule has 1 saturated carbocycles. The summed E-state index contributed by atoms with van der Waals surface area (Å²) in [5.74, 6) is 0.313. The Morgan fingerprint density at radius 2 is 2.00 bits per heavy atom. The fraction of sp³-hybridized carbons (Fsp3) is 0.933. The Morgan fingerprint density at radius 3 is 2.63 bits per heavy atom. The summed E-state index contributed by atoms with van der Waals surface area (Å²) in [6, 6.07) is 0.678. The number of rotatable bonds is 3. The minimum absolute atomic E-state index is 0.0865. The summed E-state index contributed by atoms with van der Waals surface area (Å²) in [6.45, 7) is 6.71. The van der Waals surface area contributed by atoms with Gasteiger partial charge < -0.3 is 16.0 Å².